The standard InChI is InChI=1S/C14H18N2O5/c1-7(2)11(15)6-12(17)16-10-4-8(13(18)19)3-9(5-10)14(20)21/h3-5,7,11H,6,15H2,1-2H3,(H,16,17)(H,18,19)(H,20,21). The van der Waals surface area contributed by atoms with Crippen molar-refractivity contribution in [3.63, 3.8) is 0 Å². The monoisotopic (exact) mass is 294 g/mol. The molecule has 1 aromatic carbocycles. The molecule has 7 nitrogen and oxygen atoms in total. The average molecular weight is 294 g/mol. The number of carboxylic acids is 2. The smallest absolute Gasteiger partial charge is 0.335 e. The van der Waals surface area contributed by atoms with Gasteiger partial charge < -0.3 is 21.3 Å². The van der Waals surface area contributed by atoms with E-state index in [-0.39, 0.29) is 35.2 Å². The Morgan fingerprint density at radius 1 is 1.10 bits per heavy atom. The first-order chi connectivity index (χ1) is 9.70. The van der Waals surface area contributed by atoms with Gasteiger partial charge in [-0.25, -0.2) is 9.59 Å². The van der Waals surface area contributed by atoms with E-state index in [4.69, 9.17) is 15.9 Å². The summed E-state index contributed by atoms with van der Waals surface area (Å²) in [5, 5.41) is 20.4. The number of nitrogens with one attached hydrogen (secondary N) is 1. The molecule has 0 bridgehead atoms. The molecule has 1 unspecified atom stereocenters. The van der Waals surface area contributed by atoms with Crippen LogP contribution in [0.1, 0.15) is 41.0 Å². The molecular weight excluding hydrogens is 276 g/mol. The fourth-order valence-corrected chi connectivity index (χ4v) is 1.61. The van der Waals surface area contributed by atoms with Crippen LogP contribution >= 0.6 is 0 Å². The molecule has 0 radical (unpaired) electrons. The topological polar surface area (TPSA) is 130 Å². The van der Waals surface area contributed by atoms with E-state index in [1.165, 1.54) is 12.1 Å². The fraction of sp³-hybridized carbons (Fsp3) is 0.357. The SMILES string of the molecule is CC(C)C(N)CC(=O)Nc1cc(C(=O)O)cc(C(=O)O)c1. The van der Waals surface area contributed by atoms with Crippen molar-refractivity contribution in [2.75, 3.05) is 5.32 Å². The molecule has 0 saturated heterocycles. The largest absolute Gasteiger partial charge is 0.478 e. The number of hydrogen-bond donors (Lipinski definition) is 4. The molecule has 1 atom stereocenters. The van der Waals surface area contributed by atoms with Crippen LogP contribution < -0.4 is 11.1 Å². The third kappa shape index (κ3) is 4.88. The second kappa shape index (κ2) is 6.85. The molecule has 0 spiro atoms. The highest BCUT2D eigenvalue weighted by molar-refractivity contribution is 5.98. The van der Waals surface area contributed by atoms with Crippen LogP contribution in [0.5, 0.6) is 0 Å². The van der Waals surface area contributed by atoms with Gasteiger partial charge in [-0.3, -0.25) is 4.79 Å². The second-order valence-electron chi connectivity index (χ2n) is 5.07. The predicted molar refractivity (Wildman–Crippen MR) is 76.4 cm³/mol. The first-order valence-corrected chi connectivity index (χ1v) is 6.37. The Balaban J connectivity index is 2.94. The van der Waals surface area contributed by atoms with Gasteiger partial charge in [-0.2, -0.15) is 0 Å². The highest BCUT2D eigenvalue weighted by Crippen LogP contribution is 2.16. The average Bonchev–Trinajstić information content (AvgIpc) is 2.37. The van der Waals surface area contributed by atoms with Crippen LogP contribution in [0.15, 0.2) is 18.2 Å². The number of carboxylic acid groups (broad SMARTS) is 2. The molecule has 0 aromatic heterocycles. The molecule has 0 aliphatic rings. The highest BCUT2D eigenvalue weighted by Gasteiger charge is 2.15. The Morgan fingerprint density at radius 2 is 1.57 bits per heavy atom. The van der Waals surface area contributed by atoms with Crippen molar-refractivity contribution < 1.29 is 24.6 Å². The summed E-state index contributed by atoms with van der Waals surface area (Å²) in [6.07, 6.45) is 0.0668. The third-order valence-electron chi connectivity index (χ3n) is 2.99. The second-order valence-corrected chi connectivity index (χ2v) is 5.07. The molecule has 0 aliphatic heterocycles. The van der Waals surface area contributed by atoms with Gasteiger partial charge in [0.05, 0.1) is 11.1 Å². The molecule has 0 aliphatic carbocycles. The van der Waals surface area contributed by atoms with Crippen molar-refractivity contribution in [2.24, 2.45) is 11.7 Å². The lowest BCUT2D eigenvalue weighted by Gasteiger charge is -2.15. The van der Waals surface area contributed by atoms with E-state index in [1.54, 1.807) is 0 Å². The zero-order valence-electron chi connectivity index (χ0n) is 11.8. The van der Waals surface area contributed by atoms with Gasteiger partial charge in [0.15, 0.2) is 0 Å². The Bertz CT molecular complexity index is 536. The number of amides is 1. The third-order valence-corrected chi connectivity index (χ3v) is 2.99. The maximum absolute atomic E-state index is 11.8. The van der Waals surface area contributed by atoms with Gasteiger partial charge in [0.25, 0.3) is 0 Å². The summed E-state index contributed by atoms with van der Waals surface area (Å²) in [7, 11) is 0. The minimum absolute atomic E-state index is 0.0668. The van der Waals surface area contributed by atoms with Crippen molar-refractivity contribution in [3.05, 3.63) is 29.3 Å². The van der Waals surface area contributed by atoms with Gasteiger partial charge >= 0.3 is 11.9 Å². The van der Waals surface area contributed by atoms with Gasteiger partial charge in [0, 0.05) is 18.2 Å². The highest BCUT2D eigenvalue weighted by atomic mass is 16.4. The van der Waals surface area contributed by atoms with Gasteiger partial charge in [0.2, 0.25) is 5.91 Å². The van der Waals surface area contributed by atoms with E-state index in [1.807, 2.05) is 13.8 Å². The minimum Gasteiger partial charge on any atom is -0.478 e. The maximum atomic E-state index is 11.8. The van der Waals surface area contributed by atoms with Crippen LogP contribution in [-0.4, -0.2) is 34.1 Å². The molecule has 1 aromatic rings. The molecule has 7 heteroatoms. The summed E-state index contributed by atoms with van der Waals surface area (Å²) in [5.74, 6) is -2.81. The molecule has 0 fully saturated rings. The zero-order valence-corrected chi connectivity index (χ0v) is 11.8. The molecule has 1 amide bonds. The Morgan fingerprint density at radius 3 is 1.95 bits per heavy atom. The molecule has 0 heterocycles. The van der Waals surface area contributed by atoms with Crippen molar-refractivity contribution in [1.82, 2.24) is 0 Å². The lowest BCUT2D eigenvalue weighted by molar-refractivity contribution is -0.116. The van der Waals surface area contributed by atoms with E-state index < -0.39 is 17.8 Å². The van der Waals surface area contributed by atoms with Crippen LogP contribution in [-0.2, 0) is 4.79 Å². The van der Waals surface area contributed by atoms with Gasteiger partial charge in [0.1, 0.15) is 0 Å². The number of carbonyl (C=O) groups excluding carboxylic acids is 1. The first-order valence-electron chi connectivity index (χ1n) is 6.37. The van der Waals surface area contributed by atoms with E-state index >= 15 is 0 Å². The first kappa shape index (κ1) is 16.6. The van der Waals surface area contributed by atoms with E-state index in [2.05, 4.69) is 5.32 Å². The maximum Gasteiger partial charge on any atom is 0.335 e. The quantitative estimate of drug-likeness (QED) is 0.627. The number of aromatic carboxylic acids is 2. The molecule has 1 rings (SSSR count). The van der Waals surface area contributed by atoms with Crippen LogP contribution in [0, 0.1) is 5.92 Å². The van der Waals surface area contributed by atoms with E-state index in [9.17, 15) is 14.4 Å². The van der Waals surface area contributed by atoms with E-state index in [0.717, 1.165) is 6.07 Å². The normalized spacial score (nSPS) is 12.0. The zero-order chi connectivity index (χ0) is 16.2. The predicted octanol–water partition coefficient (Wildman–Crippen LogP) is 1.39. The van der Waals surface area contributed by atoms with Crippen molar-refractivity contribution in [3.8, 4) is 0 Å². The van der Waals surface area contributed by atoms with Crippen LogP contribution in [0.25, 0.3) is 0 Å². The molecule has 0 saturated carbocycles. The van der Waals surface area contributed by atoms with Gasteiger partial charge in [-0.05, 0) is 24.1 Å². The van der Waals surface area contributed by atoms with Crippen molar-refractivity contribution in [1.29, 1.82) is 0 Å². The summed E-state index contributed by atoms with van der Waals surface area (Å²) in [6.45, 7) is 3.76. The molecule has 5 N–H and O–H groups in total. The number of benzene rings is 1. The summed E-state index contributed by atoms with van der Waals surface area (Å²) in [6, 6.07) is 3.10. The number of hydrogen-bond acceptors (Lipinski definition) is 4. The Kier molecular flexibility index (Phi) is 5.43. The van der Waals surface area contributed by atoms with Gasteiger partial charge in [-0.1, -0.05) is 13.8 Å². The minimum atomic E-state index is -1.27. The van der Waals surface area contributed by atoms with Crippen molar-refractivity contribution in [2.45, 2.75) is 26.3 Å². The summed E-state index contributed by atoms with van der Waals surface area (Å²) in [5.41, 5.74) is 5.48. The number of anilines is 1. The lowest BCUT2D eigenvalue weighted by Crippen LogP contribution is -2.31. The number of rotatable bonds is 6. The molecule has 21 heavy (non-hydrogen) atoms. The van der Waals surface area contributed by atoms with Crippen LogP contribution in [0.4, 0.5) is 5.69 Å². The van der Waals surface area contributed by atoms with Gasteiger partial charge in [-0.15, -0.1) is 0 Å². The van der Waals surface area contributed by atoms with Crippen molar-refractivity contribution >= 4 is 23.5 Å². The molecule has 114 valence electrons. The summed E-state index contributed by atoms with van der Waals surface area (Å²) < 4.78 is 0. The van der Waals surface area contributed by atoms with Crippen LogP contribution in [0.3, 0.4) is 0 Å². The summed E-state index contributed by atoms with van der Waals surface area (Å²) >= 11 is 0. The van der Waals surface area contributed by atoms with Crippen LogP contribution in [0.2, 0.25) is 0 Å². The number of carbonyl (C=O) groups is 3. The summed E-state index contributed by atoms with van der Waals surface area (Å²) in [4.78, 5) is 33.7. The lowest BCUT2D eigenvalue weighted by atomic mass is 10.0. The number of nitrogens with two attached hydrogens (primary N) is 1. The van der Waals surface area contributed by atoms with E-state index in [0.29, 0.717) is 0 Å². The Hall–Kier alpha value is -2.41. The molecular formula is C14H18N2O5. The fourth-order valence-electron chi connectivity index (χ4n) is 1.61. The Labute approximate surface area is 121 Å².